The Kier molecular flexibility index (Phi) is 7.08. The minimum atomic E-state index is -0.723. The number of thiocarbonyl (C=S) groups is 1. The molecule has 0 aliphatic carbocycles. The van der Waals surface area contributed by atoms with Crippen molar-refractivity contribution in [3.05, 3.63) is 48.5 Å². The minimum Gasteiger partial charge on any atom is -0.497 e. The zero-order valence-corrected chi connectivity index (χ0v) is 17.6. The van der Waals surface area contributed by atoms with E-state index in [0.29, 0.717) is 35.4 Å². The van der Waals surface area contributed by atoms with Crippen LogP contribution in [-0.4, -0.2) is 55.2 Å². The van der Waals surface area contributed by atoms with Crippen molar-refractivity contribution in [1.82, 2.24) is 10.2 Å². The molecule has 1 heterocycles. The van der Waals surface area contributed by atoms with Crippen LogP contribution in [0, 0.1) is 0 Å². The lowest BCUT2D eigenvalue weighted by molar-refractivity contribution is -0.130. The Bertz CT molecular complexity index is 922. The van der Waals surface area contributed by atoms with Gasteiger partial charge in [-0.25, -0.2) is 0 Å². The molecule has 1 aliphatic rings. The van der Waals surface area contributed by atoms with Crippen LogP contribution in [0.5, 0.6) is 11.5 Å². The van der Waals surface area contributed by atoms with Crippen molar-refractivity contribution >= 4 is 40.5 Å². The average molecular weight is 429 g/mol. The summed E-state index contributed by atoms with van der Waals surface area (Å²) in [7, 11) is 3.06. The zero-order valence-electron chi connectivity index (χ0n) is 16.8. The number of benzene rings is 2. The number of para-hydroxylation sites is 1. The van der Waals surface area contributed by atoms with E-state index in [1.54, 1.807) is 30.2 Å². The van der Waals surface area contributed by atoms with Gasteiger partial charge < -0.3 is 30.3 Å². The van der Waals surface area contributed by atoms with Crippen LogP contribution in [0.2, 0.25) is 0 Å². The molecule has 9 heteroatoms. The highest BCUT2D eigenvalue weighted by molar-refractivity contribution is 7.80. The fourth-order valence-electron chi connectivity index (χ4n) is 3.17. The Morgan fingerprint density at radius 2 is 1.93 bits per heavy atom. The Hall–Kier alpha value is -3.33. The molecular formula is C21H24N4O4S. The third kappa shape index (κ3) is 5.18. The molecule has 158 valence electrons. The van der Waals surface area contributed by atoms with Gasteiger partial charge in [-0.2, -0.15) is 0 Å². The van der Waals surface area contributed by atoms with E-state index >= 15 is 0 Å². The van der Waals surface area contributed by atoms with E-state index in [2.05, 4.69) is 16.0 Å². The van der Waals surface area contributed by atoms with Gasteiger partial charge in [-0.3, -0.25) is 9.59 Å². The normalized spacial score (nSPS) is 15.7. The van der Waals surface area contributed by atoms with E-state index in [1.807, 2.05) is 30.3 Å². The largest absolute Gasteiger partial charge is 0.497 e. The highest BCUT2D eigenvalue weighted by atomic mass is 32.1. The van der Waals surface area contributed by atoms with Crippen LogP contribution in [0.15, 0.2) is 48.5 Å². The average Bonchev–Trinajstić information content (AvgIpc) is 2.75. The molecule has 2 amide bonds. The first kappa shape index (κ1) is 21.4. The number of ether oxygens (including phenoxy) is 2. The molecule has 2 aromatic rings. The molecule has 1 atom stereocenters. The lowest BCUT2D eigenvalue weighted by Gasteiger charge is -2.36. The summed E-state index contributed by atoms with van der Waals surface area (Å²) in [5.74, 6) is 0.495. The van der Waals surface area contributed by atoms with Gasteiger partial charge in [-0.15, -0.1) is 0 Å². The predicted molar refractivity (Wildman–Crippen MR) is 119 cm³/mol. The molecule has 30 heavy (non-hydrogen) atoms. The van der Waals surface area contributed by atoms with E-state index in [4.69, 9.17) is 21.7 Å². The number of carbonyl (C=O) groups is 2. The minimum absolute atomic E-state index is 0.0667. The second-order valence-electron chi connectivity index (χ2n) is 6.61. The molecule has 0 aromatic heterocycles. The van der Waals surface area contributed by atoms with E-state index in [-0.39, 0.29) is 18.2 Å². The maximum Gasteiger partial charge on any atom is 0.243 e. The Morgan fingerprint density at radius 1 is 1.17 bits per heavy atom. The van der Waals surface area contributed by atoms with Crippen molar-refractivity contribution in [3.63, 3.8) is 0 Å². The number of anilines is 2. The molecule has 3 N–H and O–H groups in total. The smallest absolute Gasteiger partial charge is 0.243 e. The first-order valence-electron chi connectivity index (χ1n) is 9.44. The quantitative estimate of drug-likeness (QED) is 0.608. The van der Waals surface area contributed by atoms with E-state index in [9.17, 15) is 9.59 Å². The Morgan fingerprint density at radius 3 is 2.63 bits per heavy atom. The molecule has 1 unspecified atom stereocenters. The third-order valence-electron chi connectivity index (χ3n) is 4.68. The molecule has 3 rings (SSSR count). The lowest BCUT2D eigenvalue weighted by Crippen LogP contribution is -2.58. The number of rotatable bonds is 6. The summed E-state index contributed by atoms with van der Waals surface area (Å²) in [6.45, 7) is 0.960. The number of nitrogens with zero attached hydrogens (tertiary/aromatic N) is 1. The van der Waals surface area contributed by atoms with Crippen molar-refractivity contribution in [1.29, 1.82) is 0 Å². The predicted octanol–water partition coefficient (Wildman–Crippen LogP) is 2.23. The van der Waals surface area contributed by atoms with E-state index in [0.717, 1.165) is 5.69 Å². The summed E-state index contributed by atoms with van der Waals surface area (Å²) < 4.78 is 10.5. The van der Waals surface area contributed by atoms with Gasteiger partial charge in [0.2, 0.25) is 11.8 Å². The molecule has 1 fully saturated rings. The molecule has 0 saturated carbocycles. The van der Waals surface area contributed by atoms with Gasteiger partial charge >= 0.3 is 0 Å². The van der Waals surface area contributed by atoms with Crippen LogP contribution in [0.25, 0.3) is 0 Å². The van der Waals surface area contributed by atoms with Crippen molar-refractivity contribution in [2.45, 2.75) is 12.5 Å². The highest BCUT2D eigenvalue weighted by Gasteiger charge is 2.33. The molecule has 2 aromatic carbocycles. The number of methoxy groups -OCH3 is 2. The number of piperazine rings is 1. The SMILES string of the molecule is COc1ccc(OC)c(NC(=O)CC2C(=O)NCCN2C(=S)Nc2ccccc2)c1. The number of hydrogen-bond acceptors (Lipinski definition) is 5. The Balaban J connectivity index is 1.71. The van der Waals surface area contributed by atoms with Crippen LogP contribution in [0.3, 0.4) is 0 Å². The van der Waals surface area contributed by atoms with Gasteiger partial charge in [-0.1, -0.05) is 18.2 Å². The summed E-state index contributed by atoms with van der Waals surface area (Å²) in [6.07, 6.45) is -0.0667. The van der Waals surface area contributed by atoms with Crippen LogP contribution < -0.4 is 25.4 Å². The van der Waals surface area contributed by atoms with Crippen molar-refractivity contribution in [2.75, 3.05) is 37.9 Å². The second kappa shape index (κ2) is 9.93. The monoisotopic (exact) mass is 428 g/mol. The zero-order chi connectivity index (χ0) is 21.5. The number of amides is 2. The summed E-state index contributed by atoms with van der Waals surface area (Å²) in [4.78, 5) is 27.0. The topological polar surface area (TPSA) is 91.9 Å². The molecule has 0 radical (unpaired) electrons. The summed E-state index contributed by atoms with van der Waals surface area (Å²) in [5.41, 5.74) is 1.28. The van der Waals surface area contributed by atoms with Crippen LogP contribution in [0.1, 0.15) is 6.42 Å². The first-order valence-corrected chi connectivity index (χ1v) is 9.85. The standard InChI is InChI=1S/C21H24N4O4S/c1-28-15-8-9-18(29-2)16(12-15)24-19(26)13-17-20(27)22-10-11-25(17)21(30)23-14-6-4-3-5-7-14/h3-9,12,17H,10-11,13H2,1-2H3,(H,22,27)(H,23,30)(H,24,26). The summed E-state index contributed by atoms with van der Waals surface area (Å²) in [5, 5.41) is 9.12. The van der Waals surface area contributed by atoms with Crippen molar-refractivity contribution in [2.24, 2.45) is 0 Å². The van der Waals surface area contributed by atoms with Gasteiger partial charge in [0.15, 0.2) is 5.11 Å². The Labute approximate surface area is 180 Å². The molecule has 8 nitrogen and oxygen atoms in total. The second-order valence-corrected chi connectivity index (χ2v) is 7.00. The molecule has 0 spiro atoms. The lowest BCUT2D eigenvalue weighted by atomic mass is 10.1. The highest BCUT2D eigenvalue weighted by Crippen LogP contribution is 2.29. The maximum atomic E-state index is 12.7. The van der Waals surface area contributed by atoms with Crippen LogP contribution in [0.4, 0.5) is 11.4 Å². The van der Waals surface area contributed by atoms with E-state index < -0.39 is 6.04 Å². The van der Waals surface area contributed by atoms with Gasteiger partial charge in [0.25, 0.3) is 0 Å². The number of hydrogen-bond donors (Lipinski definition) is 3. The van der Waals surface area contributed by atoms with Crippen LogP contribution >= 0.6 is 12.2 Å². The van der Waals surface area contributed by atoms with Crippen molar-refractivity contribution < 1.29 is 19.1 Å². The fraction of sp³-hybridized carbons (Fsp3) is 0.286. The van der Waals surface area contributed by atoms with Crippen LogP contribution in [-0.2, 0) is 9.59 Å². The van der Waals surface area contributed by atoms with E-state index in [1.165, 1.54) is 7.11 Å². The number of nitrogens with one attached hydrogen (secondary N) is 3. The van der Waals surface area contributed by atoms with Gasteiger partial charge in [0.1, 0.15) is 17.5 Å². The molecular weight excluding hydrogens is 404 g/mol. The molecule has 1 aliphatic heterocycles. The van der Waals surface area contributed by atoms with Gasteiger partial charge in [0, 0.05) is 24.8 Å². The fourth-order valence-corrected chi connectivity index (χ4v) is 3.50. The first-order chi connectivity index (χ1) is 14.5. The number of carbonyl (C=O) groups excluding carboxylic acids is 2. The summed E-state index contributed by atoms with van der Waals surface area (Å²) in [6, 6.07) is 13.8. The van der Waals surface area contributed by atoms with Gasteiger partial charge in [0.05, 0.1) is 26.3 Å². The summed E-state index contributed by atoms with van der Waals surface area (Å²) >= 11 is 5.51. The van der Waals surface area contributed by atoms with Crippen molar-refractivity contribution in [3.8, 4) is 11.5 Å². The maximum absolute atomic E-state index is 12.7. The third-order valence-corrected chi connectivity index (χ3v) is 5.01. The molecule has 1 saturated heterocycles. The van der Waals surface area contributed by atoms with Gasteiger partial charge in [-0.05, 0) is 36.5 Å². The molecule has 0 bridgehead atoms.